The Hall–Kier alpha value is -3.01. The number of amides is 1. The zero-order valence-electron chi connectivity index (χ0n) is 17.8. The smallest absolute Gasteiger partial charge is 0.250 e. The van der Waals surface area contributed by atoms with Gasteiger partial charge in [0.2, 0.25) is 0 Å². The molecule has 1 fully saturated rings. The number of nitrogens with zero attached hydrogens (tertiary/aromatic N) is 2. The molecule has 1 amide bonds. The summed E-state index contributed by atoms with van der Waals surface area (Å²) in [6.07, 6.45) is 5.79. The van der Waals surface area contributed by atoms with Crippen LogP contribution >= 0.6 is 0 Å². The van der Waals surface area contributed by atoms with Gasteiger partial charge in [-0.15, -0.1) is 0 Å². The third-order valence-electron chi connectivity index (χ3n) is 6.21. The lowest BCUT2D eigenvalue weighted by molar-refractivity contribution is 0.0999. The molecule has 4 heteroatoms. The van der Waals surface area contributed by atoms with E-state index in [1.807, 2.05) is 13.0 Å². The van der Waals surface area contributed by atoms with Gasteiger partial charge in [0.15, 0.2) is 0 Å². The second kappa shape index (κ2) is 9.21. The van der Waals surface area contributed by atoms with Gasteiger partial charge in [-0.1, -0.05) is 42.5 Å². The molecule has 1 aliphatic rings. The van der Waals surface area contributed by atoms with Crippen molar-refractivity contribution in [1.82, 2.24) is 4.57 Å². The van der Waals surface area contributed by atoms with Gasteiger partial charge in [0.05, 0.1) is 5.56 Å². The van der Waals surface area contributed by atoms with Crippen molar-refractivity contribution in [1.29, 1.82) is 0 Å². The topological polar surface area (TPSA) is 51.3 Å². The van der Waals surface area contributed by atoms with Crippen molar-refractivity contribution in [2.75, 3.05) is 18.0 Å². The molecule has 1 aromatic heterocycles. The first-order chi connectivity index (χ1) is 14.6. The van der Waals surface area contributed by atoms with Gasteiger partial charge in [0.1, 0.15) is 0 Å². The minimum absolute atomic E-state index is 0.356. The minimum atomic E-state index is -0.356. The molecule has 0 atom stereocenters. The van der Waals surface area contributed by atoms with Crippen LogP contribution in [0, 0.1) is 6.92 Å². The van der Waals surface area contributed by atoms with Crippen LogP contribution < -0.4 is 10.6 Å². The molecule has 2 aromatic carbocycles. The van der Waals surface area contributed by atoms with Crippen molar-refractivity contribution >= 4 is 11.6 Å². The Kier molecular flexibility index (Phi) is 6.22. The van der Waals surface area contributed by atoms with E-state index < -0.39 is 0 Å². The number of anilines is 1. The van der Waals surface area contributed by atoms with E-state index in [4.69, 9.17) is 5.73 Å². The Morgan fingerprint density at radius 1 is 0.967 bits per heavy atom. The number of carbonyl (C=O) groups is 1. The highest BCUT2D eigenvalue weighted by Gasteiger charge is 2.17. The molecule has 0 spiro atoms. The molecule has 4 nitrogen and oxygen atoms in total. The first kappa shape index (κ1) is 20.3. The van der Waals surface area contributed by atoms with Crippen LogP contribution in [0.1, 0.15) is 47.3 Å². The fraction of sp³-hybridized carbons (Fsp3) is 0.346. The molecular formula is C26H31N3O. The number of nitrogens with two attached hydrogens (primary N) is 1. The number of hydrogen-bond donors (Lipinski definition) is 1. The highest BCUT2D eigenvalue weighted by atomic mass is 16.1. The predicted molar refractivity (Wildman–Crippen MR) is 124 cm³/mol. The first-order valence-electron chi connectivity index (χ1n) is 11.0. The standard InChI is InChI=1S/C26H31N3O/c1-20-24(26(27)30)19-25(22-12-14-23(15-13-22)28-16-7-8-17-28)29(20)18-6-5-11-21-9-3-2-4-10-21/h2-4,9-10,12-15,19H,5-8,11,16-18H2,1H3,(H2,27,30). The normalized spacial score (nSPS) is 13.7. The van der Waals surface area contributed by atoms with Crippen molar-refractivity contribution in [3.8, 4) is 11.3 Å². The second-order valence-electron chi connectivity index (χ2n) is 8.23. The lowest BCUT2D eigenvalue weighted by Gasteiger charge is -2.18. The Morgan fingerprint density at radius 3 is 2.33 bits per heavy atom. The van der Waals surface area contributed by atoms with E-state index in [1.165, 1.54) is 24.1 Å². The largest absolute Gasteiger partial charge is 0.372 e. The molecule has 0 aliphatic carbocycles. The predicted octanol–water partition coefficient (Wildman–Crippen LogP) is 5.19. The summed E-state index contributed by atoms with van der Waals surface area (Å²) in [5.41, 5.74) is 12.1. The van der Waals surface area contributed by atoms with Crippen molar-refractivity contribution in [2.24, 2.45) is 5.73 Å². The third kappa shape index (κ3) is 4.43. The Morgan fingerprint density at radius 2 is 1.67 bits per heavy atom. The van der Waals surface area contributed by atoms with Gasteiger partial charge in [-0.25, -0.2) is 0 Å². The average molecular weight is 402 g/mol. The van der Waals surface area contributed by atoms with E-state index in [-0.39, 0.29) is 5.91 Å². The molecule has 2 N–H and O–H groups in total. The first-order valence-corrected chi connectivity index (χ1v) is 11.0. The van der Waals surface area contributed by atoms with Gasteiger partial charge < -0.3 is 15.2 Å². The molecule has 0 bridgehead atoms. The van der Waals surface area contributed by atoms with Crippen LogP contribution in [-0.2, 0) is 13.0 Å². The van der Waals surface area contributed by atoms with E-state index in [0.29, 0.717) is 5.56 Å². The van der Waals surface area contributed by atoms with E-state index in [9.17, 15) is 4.79 Å². The van der Waals surface area contributed by atoms with Crippen LogP contribution in [0.3, 0.4) is 0 Å². The Balaban J connectivity index is 1.51. The molecule has 1 aliphatic heterocycles. The number of aromatic nitrogens is 1. The van der Waals surface area contributed by atoms with Gasteiger partial charge >= 0.3 is 0 Å². The van der Waals surface area contributed by atoms with Crippen LogP contribution in [0.2, 0.25) is 0 Å². The molecule has 30 heavy (non-hydrogen) atoms. The number of rotatable bonds is 8. The summed E-state index contributed by atoms with van der Waals surface area (Å²) in [5, 5.41) is 0. The molecule has 0 unspecified atom stereocenters. The quantitative estimate of drug-likeness (QED) is 0.528. The maximum Gasteiger partial charge on any atom is 0.250 e. The Labute approximate surface area is 179 Å². The maximum atomic E-state index is 12.0. The van der Waals surface area contributed by atoms with Gasteiger partial charge in [-0.3, -0.25) is 4.79 Å². The third-order valence-corrected chi connectivity index (χ3v) is 6.21. The molecular weight excluding hydrogens is 370 g/mol. The van der Waals surface area contributed by atoms with Gasteiger partial charge in [0, 0.05) is 36.7 Å². The number of unbranched alkanes of at least 4 members (excludes halogenated alkanes) is 1. The van der Waals surface area contributed by atoms with Crippen LogP contribution in [0.5, 0.6) is 0 Å². The summed E-state index contributed by atoms with van der Waals surface area (Å²) in [6.45, 7) is 5.17. The van der Waals surface area contributed by atoms with Crippen molar-refractivity contribution in [3.63, 3.8) is 0 Å². The molecule has 0 radical (unpaired) electrons. The highest BCUT2D eigenvalue weighted by molar-refractivity contribution is 5.95. The van der Waals surface area contributed by atoms with E-state index in [1.54, 1.807) is 0 Å². The maximum absolute atomic E-state index is 12.0. The van der Waals surface area contributed by atoms with Gasteiger partial charge in [-0.05, 0) is 68.4 Å². The summed E-state index contributed by atoms with van der Waals surface area (Å²) in [7, 11) is 0. The molecule has 4 rings (SSSR count). The summed E-state index contributed by atoms with van der Waals surface area (Å²) in [4.78, 5) is 14.4. The van der Waals surface area contributed by atoms with Crippen LogP contribution in [0.4, 0.5) is 5.69 Å². The van der Waals surface area contributed by atoms with Crippen molar-refractivity contribution in [3.05, 3.63) is 77.5 Å². The fourth-order valence-corrected chi connectivity index (χ4v) is 4.48. The van der Waals surface area contributed by atoms with E-state index in [2.05, 4.69) is 64.1 Å². The number of benzene rings is 2. The molecule has 156 valence electrons. The zero-order valence-corrected chi connectivity index (χ0v) is 17.8. The summed E-state index contributed by atoms with van der Waals surface area (Å²) in [5.74, 6) is -0.356. The number of aryl methyl sites for hydroxylation is 1. The lowest BCUT2D eigenvalue weighted by atomic mass is 10.1. The van der Waals surface area contributed by atoms with Crippen molar-refractivity contribution < 1.29 is 4.79 Å². The SMILES string of the molecule is Cc1c(C(N)=O)cc(-c2ccc(N3CCCC3)cc2)n1CCCCc1ccccc1. The van der Waals surface area contributed by atoms with Crippen LogP contribution in [-0.4, -0.2) is 23.6 Å². The van der Waals surface area contributed by atoms with Crippen LogP contribution in [0.15, 0.2) is 60.7 Å². The number of primary amides is 1. The highest BCUT2D eigenvalue weighted by Crippen LogP contribution is 2.29. The van der Waals surface area contributed by atoms with Gasteiger partial charge in [0.25, 0.3) is 5.91 Å². The number of hydrogen-bond acceptors (Lipinski definition) is 2. The average Bonchev–Trinajstić information content (AvgIpc) is 3.41. The molecule has 2 heterocycles. The Bertz CT molecular complexity index is 983. The minimum Gasteiger partial charge on any atom is -0.372 e. The van der Waals surface area contributed by atoms with E-state index in [0.717, 1.165) is 55.8 Å². The van der Waals surface area contributed by atoms with Gasteiger partial charge in [-0.2, -0.15) is 0 Å². The summed E-state index contributed by atoms with van der Waals surface area (Å²) >= 11 is 0. The zero-order chi connectivity index (χ0) is 20.9. The molecule has 3 aromatic rings. The fourth-order valence-electron chi connectivity index (χ4n) is 4.48. The summed E-state index contributed by atoms with van der Waals surface area (Å²) < 4.78 is 2.26. The molecule has 0 saturated carbocycles. The number of carbonyl (C=O) groups excluding carboxylic acids is 1. The summed E-state index contributed by atoms with van der Waals surface area (Å²) in [6, 6.07) is 21.3. The lowest BCUT2D eigenvalue weighted by Crippen LogP contribution is -2.17. The van der Waals surface area contributed by atoms with Crippen LogP contribution in [0.25, 0.3) is 11.3 Å². The van der Waals surface area contributed by atoms with E-state index >= 15 is 0 Å². The molecule has 1 saturated heterocycles. The van der Waals surface area contributed by atoms with Crippen molar-refractivity contribution in [2.45, 2.75) is 45.6 Å². The monoisotopic (exact) mass is 401 g/mol. The second-order valence-corrected chi connectivity index (χ2v) is 8.23.